The SMILES string of the molecule is CCCCNC(=O)C[NH+]1CCN(C(=O)CSc2ccccc2Cl)CC1. The van der Waals surface area contributed by atoms with Gasteiger partial charge in [-0.3, -0.25) is 9.59 Å². The van der Waals surface area contributed by atoms with Gasteiger partial charge < -0.3 is 15.1 Å². The fraction of sp³-hybridized carbons (Fsp3) is 0.556. The van der Waals surface area contributed by atoms with Gasteiger partial charge in [-0.2, -0.15) is 0 Å². The second kappa shape index (κ2) is 10.7. The average molecular weight is 385 g/mol. The smallest absolute Gasteiger partial charge is 0.275 e. The number of halogens is 1. The maximum absolute atomic E-state index is 12.4. The van der Waals surface area contributed by atoms with Crippen molar-refractivity contribution in [3.05, 3.63) is 29.3 Å². The summed E-state index contributed by atoms with van der Waals surface area (Å²) in [7, 11) is 0. The minimum Gasteiger partial charge on any atom is -0.351 e. The number of amides is 2. The Hall–Kier alpha value is -1.24. The molecule has 0 radical (unpaired) electrons. The first kappa shape index (κ1) is 20.1. The molecule has 0 spiro atoms. The van der Waals surface area contributed by atoms with Gasteiger partial charge in [-0.05, 0) is 18.6 Å². The third kappa shape index (κ3) is 6.88. The van der Waals surface area contributed by atoms with Crippen LogP contribution in [0.15, 0.2) is 29.2 Å². The lowest BCUT2D eigenvalue weighted by Crippen LogP contribution is -3.15. The van der Waals surface area contributed by atoms with E-state index in [-0.39, 0.29) is 11.8 Å². The summed E-state index contributed by atoms with van der Waals surface area (Å²) in [5.74, 6) is 0.644. The molecule has 1 heterocycles. The van der Waals surface area contributed by atoms with E-state index in [1.165, 1.54) is 16.7 Å². The molecule has 138 valence electrons. The molecule has 1 aromatic carbocycles. The molecule has 1 saturated heterocycles. The topological polar surface area (TPSA) is 53.9 Å². The van der Waals surface area contributed by atoms with Crippen molar-refractivity contribution in [1.82, 2.24) is 10.2 Å². The van der Waals surface area contributed by atoms with Crippen LogP contribution in [0.2, 0.25) is 5.02 Å². The predicted molar refractivity (Wildman–Crippen MR) is 102 cm³/mol. The van der Waals surface area contributed by atoms with Crippen LogP contribution in [0.4, 0.5) is 0 Å². The van der Waals surface area contributed by atoms with Gasteiger partial charge in [0.25, 0.3) is 5.91 Å². The van der Waals surface area contributed by atoms with Gasteiger partial charge in [0.05, 0.1) is 37.0 Å². The van der Waals surface area contributed by atoms with Crippen LogP contribution >= 0.6 is 23.4 Å². The van der Waals surface area contributed by atoms with Crippen LogP contribution in [0.3, 0.4) is 0 Å². The van der Waals surface area contributed by atoms with Crippen molar-refractivity contribution in [1.29, 1.82) is 0 Å². The van der Waals surface area contributed by atoms with E-state index in [4.69, 9.17) is 11.6 Å². The molecule has 2 N–H and O–H groups in total. The van der Waals surface area contributed by atoms with Crippen molar-refractivity contribution in [2.75, 3.05) is 45.0 Å². The second-order valence-corrected chi connectivity index (χ2v) is 7.65. The van der Waals surface area contributed by atoms with E-state index >= 15 is 0 Å². The van der Waals surface area contributed by atoms with E-state index in [2.05, 4.69) is 12.2 Å². The number of unbranched alkanes of at least 4 members (excludes halogenated alkanes) is 1. The highest BCUT2D eigenvalue weighted by Gasteiger charge is 2.25. The Balaban J connectivity index is 1.68. The average Bonchev–Trinajstić information content (AvgIpc) is 2.61. The van der Waals surface area contributed by atoms with Gasteiger partial charge in [0.1, 0.15) is 0 Å². The molecule has 1 aromatic rings. The van der Waals surface area contributed by atoms with Gasteiger partial charge in [-0.1, -0.05) is 37.1 Å². The van der Waals surface area contributed by atoms with Crippen molar-refractivity contribution in [2.24, 2.45) is 0 Å². The van der Waals surface area contributed by atoms with Crippen LogP contribution in [0.1, 0.15) is 19.8 Å². The van der Waals surface area contributed by atoms with Crippen molar-refractivity contribution in [2.45, 2.75) is 24.7 Å². The molecule has 0 unspecified atom stereocenters. The molecule has 0 bridgehead atoms. The van der Waals surface area contributed by atoms with Crippen LogP contribution in [0, 0.1) is 0 Å². The molecule has 2 amide bonds. The largest absolute Gasteiger partial charge is 0.351 e. The molecule has 0 atom stereocenters. The van der Waals surface area contributed by atoms with Crippen LogP contribution in [-0.4, -0.2) is 61.7 Å². The summed E-state index contributed by atoms with van der Waals surface area (Å²) in [6.07, 6.45) is 2.10. The number of benzene rings is 1. The maximum Gasteiger partial charge on any atom is 0.275 e. The molecule has 1 aliphatic heterocycles. The number of hydrogen-bond acceptors (Lipinski definition) is 3. The lowest BCUT2D eigenvalue weighted by Gasteiger charge is -2.31. The summed E-state index contributed by atoms with van der Waals surface area (Å²) >= 11 is 7.60. The Labute approximate surface area is 159 Å². The first-order chi connectivity index (χ1) is 12.1. The molecule has 1 aliphatic rings. The molecule has 0 saturated carbocycles. The number of quaternary nitrogens is 1. The number of thioether (sulfide) groups is 1. The van der Waals surface area contributed by atoms with Crippen molar-refractivity contribution in [3.8, 4) is 0 Å². The lowest BCUT2D eigenvalue weighted by molar-refractivity contribution is -0.896. The first-order valence-electron chi connectivity index (χ1n) is 8.85. The molecular formula is C18H27ClN3O2S+. The van der Waals surface area contributed by atoms with Gasteiger partial charge >= 0.3 is 0 Å². The fourth-order valence-electron chi connectivity index (χ4n) is 2.74. The minimum atomic E-state index is 0.109. The van der Waals surface area contributed by atoms with Crippen molar-refractivity contribution < 1.29 is 14.5 Å². The molecule has 5 nitrogen and oxygen atoms in total. The Morgan fingerprint density at radius 2 is 2.00 bits per heavy atom. The lowest BCUT2D eigenvalue weighted by atomic mass is 10.3. The Kier molecular flexibility index (Phi) is 8.58. The summed E-state index contributed by atoms with van der Waals surface area (Å²) in [6.45, 7) is 6.43. The monoisotopic (exact) mass is 384 g/mol. The summed E-state index contributed by atoms with van der Waals surface area (Å²) in [4.78, 5) is 28.3. The molecule has 2 rings (SSSR count). The highest BCUT2D eigenvalue weighted by Crippen LogP contribution is 2.26. The summed E-state index contributed by atoms with van der Waals surface area (Å²) < 4.78 is 0. The quantitative estimate of drug-likeness (QED) is 0.521. The van der Waals surface area contributed by atoms with Crippen LogP contribution in [-0.2, 0) is 9.59 Å². The highest BCUT2D eigenvalue weighted by molar-refractivity contribution is 8.00. The third-order valence-electron chi connectivity index (χ3n) is 4.27. The van der Waals surface area contributed by atoms with Crippen LogP contribution in [0.25, 0.3) is 0 Å². The Morgan fingerprint density at radius 3 is 2.68 bits per heavy atom. The van der Waals surface area contributed by atoms with Gasteiger partial charge in [-0.25, -0.2) is 0 Å². The molecule has 25 heavy (non-hydrogen) atoms. The Bertz CT molecular complexity index is 577. The van der Waals surface area contributed by atoms with Gasteiger partial charge in [0, 0.05) is 11.4 Å². The third-order valence-corrected chi connectivity index (χ3v) is 5.77. The number of hydrogen-bond donors (Lipinski definition) is 2. The molecular weight excluding hydrogens is 358 g/mol. The summed E-state index contributed by atoms with van der Waals surface area (Å²) in [5.41, 5.74) is 0. The maximum atomic E-state index is 12.4. The van der Waals surface area contributed by atoms with E-state index in [9.17, 15) is 9.59 Å². The van der Waals surface area contributed by atoms with Gasteiger partial charge in [-0.15, -0.1) is 11.8 Å². The summed E-state index contributed by atoms with van der Waals surface area (Å²) in [6, 6.07) is 7.57. The van der Waals surface area contributed by atoms with Crippen LogP contribution in [0.5, 0.6) is 0 Å². The number of nitrogens with zero attached hydrogens (tertiary/aromatic N) is 1. The number of piperazine rings is 1. The molecule has 0 aromatic heterocycles. The van der Waals surface area contributed by atoms with Crippen molar-refractivity contribution in [3.63, 3.8) is 0 Å². The first-order valence-corrected chi connectivity index (χ1v) is 10.2. The zero-order valence-corrected chi connectivity index (χ0v) is 16.3. The zero-order valence-electron chi connectivity index (χ0n) is 14.7. The van der Waals surface area contributed by atoms with E-state index in [1.807, 2.05) is 29.2 Å². The molecule has 1 fully saturated rings. The van der Waals surface area contributed by atoms with E-state index in [1.54, 1.807) is 0 Å². The van der Waals surface area contributed by atoms with Crippen molar-refractivity contribution >= 4 is 35.2 Å². The Morgan fingerprint density at radius 1 is 1.28 bits per heavy atom. The van der Waals surface area contributed by atoms with Gasteiger partial charge in [0.2, 0.25) is 5.91 Å². The molecule has 7 heteroatoms. The number of carbonyl (C=O) groups excluding carboxylic acids is 2. The number of rotatable bonds is 8. The second-order valence-electron chi connectivity index (χ2n) is 6.23. The molecule has 0 aliphatic carbocycles. The standard InChI is InChI=1S/C18H26ClN3O2S/c1-2-3-8-20-17(23)13-21-9-11-22(12-10-21)18(24)14-25-16-7-5-4-6-15(16)19/h4-7H,2-3,8-14H2,1H3,(H,20,23)/p+1. The van der Waals surface area contributed by atoms with E-state index in [0.29, 0.717) is 30.4 Å². The van der Waals surface area contributed by atoms with E-state index < -0.39 is 0 Å². The predicted octanol–water partition coefficient (Wildman–Crippen LogP) is 1.08. The fourth-order valence-corrected chi connectivity index (χ4v) is 3.88. The number of carbonyl (C=O) groups is 2. The van der Waals surface area contributed by atoms with E-state index in [0.717, 1.165) is 37.4 Å². The highest BCUT2D eigenvalue weighted by atomic mass is 35.5. The van der Waals surface area contributed by atoms with Crippen LogP contribution < -0.4 is 10.2 Å². The number of nitrogens with one attached hydrogen (secondary N) is 2. The summed E-state index contributed by atoms with van der Waals surface area (Å²) in [5, 5.41) is 3.64. The zero-order chi connectivity index (χ0) is 18.1. The normalized spacial score (nSPS) is 15.2. The minimum absolute atomic E-state index is 0.109. The van der Waals surface area contributed by atoms with Gasteiger partial charge in [0.15, 0.2) is 6.54 Å².